The summed E-state index contributed by atoms with van der Waals surface area (Å²) in [5.74, 6) is -0.372. The maximum Gasteiger partial charge on any atom is 0.737 e. The number of aryl methyl sites for hydroxylation is 2. The third-order valence-electron chi connectivity index (χ3n) is 5.48. The van der Waals surface area contributed by atoms with Gasteiger partial charge in [0.15, 0.2) is 5.70 Å². The molecule has 0 unspecified atom stereocenters. The van der Waals surface area contributed by atoms with Crippen LogP contribution in [0.3, 0.4) is 0 Å². The molecule has 0 spiro atoms. The lowest BCUT2D eigenvalue weighted by Crippen LogP contribution is -2.50. The molecule has 3 aliphatic heterocycles. The van der Waals surface area contributed by atoms with Gasteiger partial charge in [-0.3, -0.25) is 4.79 Å². The molecule has 0 aliphatic carbocycles. The quantitative estimate of drug-likeness (QED) is 0.586. The number of allylic oxidation sites excluding steroid dienone is 2. The van der Waals surface area contributed by atoms with E-state index in [1.54, 1.807) is 31.2 Å². The molecule has 0 saturated carbocycles. The van der Waals surface area contributed by atoms with Crippen molar-refractivity contribution >= 4 is 24.7 Å². The van der Waals surface area contributed by atoms with Crippen molar-refractivity contribution in [2.24, 2.45) is 5.41 Å². The van der Waals surface area contributed by atoms with E-state index in [1.165, 1.54) is 0 Å². The minimum absolute atomic E-state index is 0.0725. The Hall–Kier alpha value is -2.22. The fourth-order valence-electron chi connectivity index (χ4n) is 3.99. The Labute approximate surface area is 157 Å². The highest BCUT2D eigenvalue weighted by molar-refractivity contribution is 6.58. The summed E-state index contributed by atoms with van der Waals surface area (Å²) < 4.78 is 43.2. The third-order valence-corrected chi connectivity index (χ3v) is 5.48. The topological polar surface area (TPSA) is 43.5 Å². The van der Waals surface area contributed by atoms with Crippen LogP contribution in [0.4, 0.5) is 8.63 Å². The highest BCUT2D eigenvalue weighted by Crippen LogP contribution is 2.34. The number of carbonyl (C=O) groups is 1. The van der Waals surface area contributed by atoms with E-state index < -0.39 is 6.97 Å². The number of ether oxygens (including phenoxy) is 2. The fraction of sp³-hybridized carbons (Fsp3) is 0.474. The molecule has 1 fully saturated rings. The van der Waals surface area contributed by atoms with E-state index in [-0.39, 0.29) is 24.2 Å². The van der Waals surface area contributed by atoms with Crippen LogP contribution < -0.4 is 0 Å². The highest BCUT2D eigenvalue weighted by Gasteiger charge is 2.52. The SMILES string of the molecule is Cc1cc(C)n2c1C=C1C=CC(CCC(=O)OCC3(C)COC3)=[N+]1[B-]2(F)F. The lowest BCUT2D eigenvalue weighted by atomic mass is 9.90. The van der Waals surface area contributed by atoms with Gasteiger partial charge in [0.1, 0.15) is 12.3 Å². The summed E-state index contributed by atoms with van der Waals surface area (Å²) in [6, 6.07) is 1.77. The molecule has 3 aliphatic rings. The summed E-state index contributed by atoms with van der Waals surface area (Å²) >= 11 is 0. The highest BCUT2D eigenvalue weighted by atomic mass is 19.2. The third kappa shape index (κ3) is 2.96. The molecular weight excluding hydrogens is 353 g/mol. The first kappa shape index (κ1) is 18.2. The zero-order chi connectivity index (χ0) is 19.4. The molecule has 4 rings (SSSR count). The maximum atomic E-state index is 15.3. The van der Waals surface area contributed by atoms with Crippen LogP contribution in [-0.4, -0.2) is 47.4 Å². The molecule has 4 heterocycles. The molecule has 0 aromatic carbocycles. The lowest BCUT2D eigenvalue weighted by molar-refractivity contribution is -0.362. The minimum Gasteiger partial charge on any atom is -0.465 e. The van der Waals surface area contributed by atoms with E-state index in [0.29, 0.717) is 42.6 Å². The van der Waals surface area contributed by atoms with Gasteiger partial charge in [-0.05, 0) is 31.2 Å². The van der Waals surface area contributed by atoms with Crippen LogP contribution in [0.1, 0.15) is 36.7 Å². The average molecular weight is 376 g/mol. The van der Waals surface area contributed by atoms with E-state index in [1.807, 2.05) is 13.8 Å². The molecule has 0 N–H and O–H groups in total. The van der Waals surface area contributed by atoms with Crippen molar-refractivity contribution in [3.05, 3.63) is 40.9 Å². The van der Waals surface area contributed by atoms with Crippen molar-refractivity contribution in [1.29, 1.82) is 0 Å². The monoisotopic (exact) mass is 376 g/mol. The van der Waals surface area contributed by atoms with Crippen LogP contribution in [0, 0.1) is 19.3 Å². The van der Waals surface area contributed by atoms with Crippen molar-refractivity contribution in [2.75, 3.05) is 19.8 Å². The van der Waals surface area contributed by atoms with Gasteiger partial charge in [-0.2, -0.15) is 0 Å². The van der Waals surface area contributed by atoms with Crippen molar-refractivity contribution in [2.45, 2.75) is 33.6 Å². The molecule has 0 amide bonds. The van der Waals surface area contributed by atoms with Gasteiger partial charge in [0.05, 0.1) is 19.6 Å². The van der Waals surface area contributed by atoms with Crippen molar-refractivity contribution in [3.8, 4) is 0 Å². The minimum atomic E-state index is -3.99. The zero-order valence-corrected chi connectivity index (χ0v) is 15.8. The van der Waals surface area contributed by atoms with Crippen LogP contribution in [0.5, 0.6) is 0 Å². The van der Waals surface area contributed by atoms with Gasteiger partial charge in [0.25, 0.3) is 0 Å². The zero-order valence-electron chi connectivity index (χ0n) is 15.8. The second-order valence-corrected chi connectivity index (χ2v) is 8.04. The van der Waals surface area contributed by atoms with Crippen LogP contribution in [0.2, 0.25) is 0 Å². The first-order chi connectivity index (χ1) is 12.7. The summed E-state index contributed by atoms with van der Waals surface area (Å²) in [4.78, 5) is 12.0. The number of aromatic nitrogens is 1. The predicted octanol–water partition coefficient (Wildman–Crippen LogP) is 3.07. The normalized spacial score (nSPS) is 21.4. The van der Waals surface area contributed by atoms with Gasteiger partial charge in [-0.15, -0.1) is 0 Å². The summed E-state index contributed by atoms with van der Waals surface area (Å²) in [5.41, 5.74) is 2.71. The van der Waals surface area contributed by atoms with E-state index in [9.17, 15) is 4.79 Å². The number of halogens is 2. The molecule has 1 saturated heterocycles. The average Bonchev–Trinajstić information content (AvgIpc) is 3.11. The molecule has 5 nitrogen and oxygen atoms in total. The summed E-state index contributed by atoms with van der Waals surface area (Å²) in [5, 5.41) is 0. The molecule has 0 bridgehead atoms. The standard InChI is InChI=1S/C19H23BF2N2O3/c1-13-8-14(2)23-17(13)9-16-5-4-15(24(16)20(23,21)22)6-7-18(25)27-12-19(3)10-26-11-19/h4-5,8-9H,6-7,10-12H2,1-3H3. The van der Waals surface area contributed by atoms with Gasteiger partial charge < -0.3 is 27.1 Å². The van der Waals surface area contributed by atoms with E-state index >= 15 is 8.63 Å². The molecule has 1 aromatic heterocycles. The summed E-state index contributed by atoms with van der Waals surface area (Å²) in [6.07, 6.45) is 5.43. The second-order valence-electron chi connectivity index (χ2n) is 8.04. The maximum absolute atomic E-state index is 15.3. The molecule has 8 heteroatoms. The molecule has 0 atom stereocenters. The second kappa shape index (κ2) is 6.16. The molecular formula is C19H23BF2N2O3. The van der Waals surface area contributed by atoms with Gasteiger partial charge in [-0.1, -0.05) is 6.92 Å². The first-order valence-electron chi connectivity index (χ1n) is 9.20. The number of rotatable bonds is 5. The summed E-state index contributed by atoms with van der Waals surface area (Å²) in [7, 11) is 0. The molecule has 1 aromatic rings. The number of esters is 1. The van der Waals surface area contributed by atoms with E-state index in [2.05, 4.69) is 0 Å². The number of nitrogens with zero attached hydrogens (tertiary/aromatic N) is 2. The first-order valence-corrected chi connectivity index (χ1v) is 9.20. The van der Waals surface area contributed by atoms with Gasteiger partial charge in [0, 0.05) is 35.8 Å². The Morgan fingerprint density at radius 1 is 1.37 bits per heavy atom. The van der Waals surface area contributed by atoms with Crippen LogP contribution in [0.25, 0.3) is 6.08 Å². The smallest absolute Gasteiger partial charge is 0.465 e. The predicted molar refractivity (Wildman–Crippen MR) is 98.8 cm³/mol. The summed E-state index contributed by atoms with van der Waals surface area (Å²) in [6.45, 7) is 2.99. The Bertz CT molecular complexity index is 910. The Morgan fingerprint density at radius 2 is 2.11 bits per heavy atom. The van der Waals surface area contributed by atoms with Crippen LogP contribution in [0.15, 0.2) is 23.9 Å². The Kier molecular flexibility index (Phi) is 4.14. The number of fused-ring (bicyclic) bond motifs is 2. The van der Waals surface area contributed by atoms with E-state index in [0.717, 1.165) is 14.5 Å². The van der Waals surface area contributed by atoms with Crippen molar-refractivity contribution < 1.29 is 27.4 Å². The van der Waals surface area contributed by atoms with Crippen molar-refractivity contribution in [3.63, 3.8) is 0 Å². The van der Waals surface area contributed by atoms with Gasteiger partial charge >= 0.3 is 12.9 Å². The van der Waals surface area contributed by atoms with Crippen LogP contribution >= 0.6 is 0 Å². The number of hydrogen-bond donors (Lipinski definition) is 0. The van der Waals surface area contributed by atoms with E-state index in [4.69, 9.17) is 9.47 Å². The molecule has 27 heavy (non-hydrogen) atoms. The number of carbonyl (C=O) groups excluding carboxylic acids is 1. The van der Waals surface area contributed by atoms with Crippen LogP contribution in [-0.2, 0) is 14.3 Å². The van der Waals surface area contributed by atoms with Crippen molar-refractivity contribution in [1.82, 2.24) is 4.48 Å². The Morgan fingerprint density at radius 3 is 2.78 bits per heavy atom. The fourth-order valence-corrected chi connectivity index (χ4v) is 3.99. The lowest BCUT2D eigenvalue weighted by Gasteiger charge is -2.37. The Balaban J connectivity index is 1.51. The molecule has 144 valence electrons. The van der Waals surface area contributed by atoms with Gasteiger partial charge in [0.2, 0.25) is 0 Å². The molecule has 0 radical (unpaired) electrons. The van der Waals surface area contributed by atoms with Gasteiger partial charge in [-0.25, -0.2) is 0 Å². The number of hydrogen-bond acceptors (Lipinski definition) is 3. The largest absolute Gasteiger partial charge is 0.737 e.